The van der Waals surface area contributed by atoms with Gasteiger partial charge in [0.2, 0.25) is 0 Å². The predicted molar refractivity (Wildman–Crippen MR) is 96.3 cm³/mol. The first-order valence-electron chi connectivity index (χ1n) is 8.27. The maximum absolute atomic E-state index is 8.97. The Labute approximate surface area is 146 Å². The maximum atomic E-state index is 8.97. The van der Waals surface area contributed by atoms with Gasteiger partial charge >= 0.3 is 0 Å². The molecule has 4 rings (SSSR count). The molecule has 1 aromatic heterocycles. The first-order valence-corrected chi connectivity index (χ1v) is 8.27. The zero-order chi connectivity index (χ0) is 17.2. The number of ether oxygens (including phenoxy) is 1. The van der Waals surface area contributed by atoms with Crippen LogP contribution >= 0.6 is 0 Å². The van der Waals surface area contributed by atoms with Crippen LogP contribution in [0.15, 0.2) is 48.5 Å². The molecule has 5 nitrogen and oxygen atoms in total. The fourth-order valence-corrected chi connectivity index (χ4v) is 3.28. The third kappa shape index (κ3) is 2.72. The number of nitrogens with one attached hydrogen (secondary N) is 1. The highest BCUT2D eigenvalue weighted by molar-refractivity contribution is 5.58. The Morgan fingerprint density at radius 2 is 2.00 bits per heavy atom. The van der Waals surface area contributed by atoms with Gasteiger partial charge in [-0.2, -0.15) is 10.4 Å². The van der Waals surface area contributed by atoms with Gasteiger partial charge in [0.05, 0.1) is 30.1 Å². The zero-order valence-electron chi connectivity index (χ0n) is 14.0. The summed E-state index contributed by atoms with van der Waals surface area (Å²) in [6.45, 7) is 0.919. The van der Waals surface area contributed by atoms with Crippen LogP contribution in [0, 0.1) is 11.3 Å². The summed E-state index contributed by atoms with van der Waals surface area (Å²) in [6.07, 6.45) is 1.70. The van der Waals surface area contributed by atoms with Crippen LogP contribution in [-0.2, 0) is 12.8 Å². The van der Waals surface area contributed by atoms with Crippen LogP contribution in [0.1, 0.15) is 22.4 Å². The highest BCUT2D eigenvalue weighted by atomic mass is 16.5. The van der Waals surface area contributed by atoms with E-state index in [9.17, 15) is 0 Å². The van der Waals surface area contributed by atoms with E-state index in [0.717, 1.165) is 47.9 Å². The summed E-state index contributed by atoms with van der Waals surface area (Å²) in [6, 6.07) is 17.7. The van der Waals surface area contributed by atoms with E-state index in [1.54, 1.807) is 7.11 Å². The Balaban J connectivity index is 1.74. The summed E-state index contributed by atoms with van der Waals surface area (Å²) in [4.78, 5) is 0. The monoisotopic (exact) mass is 330 g/mol. The number of anilines is 1. The highest BCUT2D eigenvalue weighted by Crippen LogP contribution is 2.31. The number of methoxy groups -OCH3 is 1. The summed E-state index contributed by atoms with van der Waals surface area (Å²) >= 11 is 0. The van der Waals surface area contributed by atoms with Gasteiger partial charge in [-0.1, -0.05) is 18.2 Å². The number of nitriles is 1. The third-order valence-electron chi connectivity index (χ3n) is 4.53. The molecule has 0 saturated heterocycles. The largest absolute Gasteiger partial charge is 0.496 e. The molecule has 0 amide bonds. The summed E-state index contributed by atoms with van der Waals surface area (Å²) in [5, 5.41) is 17.3. The topological polar surface area (TPSA) is 62.9 Å². The Morgan fingerprint density at radius 1 is 1.20 bits per heavy atom. The molecule has 0 unspecified atom stereocenters. The summed E-state index contributed by atoms with van der Waals surface area (Å²) < 4.78 is 7.41. The first kappa shape index (κ1) is 15.3. The van der Waals surface area contributed by atoms with Crippen molar-refractivity contribution in [3.63, 3.8) is 0 Å². The molecular weight excluding hydrogens is 312 g/mol. The van der Waals surface area contributed by atoms with Crippen LogP contribution < -0.4 is 10.1 Å². The molecule has 124 valence electrons. The van der Waals surface area contributed by atoms with Crippen LogP contribution in [0.3, 0.4) is 0 Å². The van der Waals surface area contributed by atoms with Crippen LogP contribution in [0.25, 0.3) is 5.69 Å². The molecule has 2 aromatic carbocycles. The second kappa shape index (κ2) is 6.33. The lowest BCUT2D eigenvalue weighted by Gasteiger charge is -2.08. The number of benzene rings is 2. The Hall–Kier alpha value is -3.26. The van der Waals surface area contributed by atoms with Gasteiger partial charge in [0.15, 0.2) is 0 Å². The van der Waals surface area contributed by atoms with Gasteiger partial charge < -0.3 is 10.1 Å². The van der Waals surface area contributed by atoms with Gasteiger partial charge in [-0.3, -0.25) is 0 Å². The molecule has 0 bridgehead atoms. The normalized spacial score (nSPS) is 12.3. The van der Waals surface area contributed by atoms with Crippen molar-refractivity contribution in [3.8, 4) is 17.5 Å². The Bertz CT molecular complexity index is 951. The molecule has 3 aromatic rings. The highest BCUT2D eigenvalue weighted by Gasteiger charge is 2.23. The number of hydrogen-bond acceptors (Lipinski definition) is 4. The lowest BCUT2D eigenvalue weighted by atomic mass is 10.0. The van der Waals surface area contributed by atoms with E-state index in [2.05, 4.69) is 17.5 Å². The van der Waals surface area contributed by atoms with E-state index in [-0.39, 0.29) is 0 Å². The standard InChI is InChI=1S/C20H18N4O/c1-25-19-5-3-2-4-15(19)12-18-17-10-11-22-20(17)24(23-18)16-8-6-14(13-21)7-9-16/h2-9,22H,10-12H2,1H3. The Morgan fingerprint density at radius 3 is 2.76 bits per heavy atom. The number of hydrogen-bond donors (Lipinski definition) is 1. The van der Waals surface area contributed by atoms with Crippen LogP contribution in [0.4, 0.5) is 5.82 Å². The van der Waals surface area contributed by atoms with E-state index in [4.69, 9.17) is 15.1 Å². The SMILES string of the molecule is COc1ccccc1Cc1nn(-c2ccc(C#N)cc2)c2c1CCN2. The first-order chi connectivity index (χ1) is 12.3. The van der Waals surface area contributed by atoms with E-state index >= 15 is 0 Å². The lowest BCUT2D eigenvalue weighted by molar-refractivity contribution is 0.410. The summed E-state index contributed by atoms with van der Waals surface area (Å²) in [5.41, 5.74) is 5.05. The van der Waals surface area contributed by atoms with E-state index < -0.39 is 0 Å². The zero-order valence-corrected chi connectivity index (χ0v) is 14.0. The molecule has 2 heterocycles. The number of rotatable bonds is 4. The molecule has 0 aliphatic carbocycles. The molecule has 0 radical (unpaired) electrons. The maximum Gasteiger partial charge on any atom is 0.133 e. The molecule has 0 atom stereocenters. The van der Waals surface area contributed by atoms with Gasteiger partial charge in [0, 0.05) is 24.1 Å². The average Bonchev–Trinajstić information content (AvgIpc) is 3.26. The minimum absolute atomic E-state index is 0.648. The fraction of sp³-hybridized carbons (Fsp3) is 0.200. The molecule has 0 saturated carbocycles. The average molecular weight is 330 g/mol. The quantitative estimate of drug-likeness (QED) is 0.797. The number of aromatic nitrogens is 2. The van der Waals surface area contributed by atoms with E-state index in [1.165, 1.54) is 5.56 Å². The lowest BCUT2D eigenvalue weighted by Crippen LogP contribution is -2.05. The van der Waals surface area contributed by atoms with Gasteiger partial charge in [0.25, 0.3) is 0 Å². The molecule has 0 spiro atoms. The summed E-state index contributed by atoms with van der Waals surface area (Å²) in [7, 11) is 1.69. The van der Waals surface area contributed by atoms with Crippen molar-refractivity contribution >= 4 is 5.82 Å². The molecule has 25 heavy (non-hydrogen) atoms. The molecule has 5 heteroatoms. The van der Waals surface area contributed by atoms with Crippen LogP contribution in [0.2, 0.25) is 0 Å². The second-order valence-electron chi connectivity index (χ2n) is 6.01. The second-order valence-corrected chi connectivity index (χ2v) is 6.01. The van der Waals surface area contributed by atoms with Crippen molar-refractivity contribution in [3.05, 3.63) is 70.9 Å². The smallest absolute Gasteiger partial charge is 0.133 e. The van der Waals surface area contributed by atoms with Crippen molar-refractivity contribution in [2.24, 2.45) is 0 Å². The molecule has 1 aliphatic heterocycles. The molecule has 0 fully saturated rings. The van der Waals surface area contributed by atoms with Gasteiger partial charge in [-0.05, 0) is 36.8 Å². The number of nitrogens with zero attached hydrogens (tertiary/aromatic N) is 3. The van der Waals surface area contributed by atoms with Crippen LogP contribution in [-0.4, -0.2) is 23.4 Å². The Kier molecular flexibility index (Phi) is 3.87. The molecule has 1 N–H and O–H groups in total. The number of fused-ring (bicyclic) bond motifs is 1. The minimum Gasteiger partial charge on any atom is -0.496 e. The predicted octanol–water partition coefficient (Wildman–Crippen LogP) is 3.31. The third-order valence-corrected chi connectivity index (χ3v) is 4.53. The van der Waals surface area contributed by atoms with Gasteiger partial charge in [0.1, 0.15) is 11.6 Å². The van der Waals surface area contributed by atoms with Gasteiger partial charge in [-0.25, -0.2) is 4.68 Å². The number of para-hydroxylation sites is 1. The van der Waals surface area contributed by atoms with E-state index in [1.807, 2.05) is 47.1 Å². The fourth-order valence-electron chi connectivity index (χ4n) is 3.28. The molecule has 1 aliphatic rings. The minimum atomic E-state index is 0.648. The van der Waals surface area contributed by atoms with Gasteiger partial charge in [-0.15, -0.1) is 0 Å². The van der Waals surface area contributed by atoms with Crippen molar-refractivity contribution < 1.29 is 4.74 Å². The van der Waals surface area contributed by atoms with Crippen LogP contribution in [0.5, 0.6) is 5.75 Å². The van der Waals surface area contributed by atoms with Crippen molar-refractivity contribution in [2.45, 2.75) is 12.8 Å². The van der Waals surface area contributed by atoms with Crippen molar-refractivity contribution in [2.75, 3.05) is 19.0 Å². The van der Waals surface area contributed by atoms with Crippen molar-refractivity contribution in [1.29, 1.82) is 5.26 Å². The van der Waals surface area contributed by atoms with Crippen molar-refractivity contribution in [1.82, 2.24) is 9.78 Å². The molecular formula is C20H18N4O. The van der Waals surface area contributed by atoms with E-state index in [0.29, 0.717) is 5.56 Å². The summed E-state index contributed by atoms with van der Waals surface area (Å²) in [5.74, 6) is 1.93.